The number of rotatable bonds is 2. The number of nitrogens with two attached hydrogens (primary N) is 1. The smallest absolute Gasteiger partial charge is 0.103 e. The van der Waals surface area contributed by atoms with Gasteiger partial charge in [-0.1, -0.05) is 39.7 Å². The molecule has 3 N–H and O–H groups in total. The maximum absolute atomic E-state index is 10.8. The quantitative estimate of drug-likeness (QED) is 0.710. The van der Waals surface area contributed by atoms with Crippen molar-refractivity contribution in [3.8, 4) is 0 Å². The van der Waals surface area contributed by atoms with Gasteiger partial charge in [-0.15, -0.1) is 0 Å². The Morgan fingerprint density at radius 2 is 1.81 bits per heavy atom. The molecule has 94 valence electrons. The SMILES string of the molecule is CC(C)(C)C(O)(CN)C1=CCCCCCC1. The fourth-order valence-corrected chi connectivity index (χ4v) is 2.49. The summed E-state index contributed by atoms with van der Waals surface area (Å²) in [6.45, 7) is 6.53. The highest BCUT2D eigenvalue weighted by atomic mass is 16.3. The molecule has 0 aromatic carbocycles. The molecule has 1 atom stereocenters. The van der Waals surface area contributed by atoms with Gasteiger partial charge >= 0.3 is 0 Å². The second kappa shape index (κ2) is 5.33. The summed E-state index contributed by atoms with van der Waals surface area (Å²) in [5.41, 5.74) is 5.98. The van der Waals surface area contributed by atoms with Crippen LogP contribution in [0.2, 0.25) is 0 Å². The standard InChI is InChI=1S/C14H27NO/c1-13(2,3)14(16,11-15)12-9-7-5-4-6-8-10-12/h9,16H,4-8,10-11,15H2,1-3H3. The summed E-state index contributed by atoms with van der Waals surface area (Å²) in [6.07, 6.45) is 9.36. The molecule has 0 amide bonds. The highest BCUT2D eigenvalue weighted by molar-refractivity contribution is 5.22. The zero-order chi connectivity index (χ0) is 12.2. The van der Waals surface area contributed by atoms with E-state index in [1.165, 1.54) is 31.3 Å². The van der Waals surface area contributed by atoms with Gasteiger partial charge in [0.15, 0.2) is 0 Å². The summed E-state index contributed by atoms with van der Waals surface area (Å²) in [5.74, 6) is 0. The van der Waals surface area contributed by atoms with E-state index >= 15 is 0 Å². The summed E-state index contributed by atoms with van der Waals surface area (Å²) in [6, 6.07) is 0. The molecule has 0 fully saturated rings. The van der Waals surface area contributed by atoms with Gasteiger partial charge in [0, 0.05) is 6.54 Å². The van der Waals surface area contributed by atoms with Crippen LogP contribution in [0, 0.1) is 5.41 Å². The Morgan fingerprint density at radius 1 is 1.19 bits per heavy atom. The van der Waals surface area contributed by atoms with Crippen molar-refractivity contribution in [1.29, 1.82) is 0 Å². The Hall–Kier alpha value is -0.340. The number of hydrogen-bond donors (Lipinski definition) is 2. The molecule has 0 aromatic rings. The van der Waals surface area contributed by atoms with Gasteiger partial charge in [0.05, 0.1) is 0 Å². The molecule has 2 heteroatoms. The van der Waals surface area contributed by atoms with Crippen LogP contribution >= 0.6 is 0 Å². The third kappa shape index (κ3) is 2.86. The van der Waals surface area contributed by atoms with Crippen molar-refractivity contribution < 1.29 is 5.11 Å². The van der Waals surface area contributed by atoms with Crippen LogP contribution in [0.5, 0.6) is 0 Å². The monoisotopic (exact) mass is 225 g/mol. The normalized spacial score (nSPS) is 22.9. The average molecular weight is 225 g/mol. The van der Waals surface area contributed by atoms with Gasteiger partial charge in [0.1, 0.15) is 5.60 Å². The molecule has 0 saturated carbocycles. The van der Waals surface area contributed by atoms with E-state index in [1.54, 1.807) is 0 Å². The molecule has 0 radical (unpaired) electrons. The van der Waals surface area contributed by atoms with Crippen LogP contribution in [0.4, 0.5) is 0 Å². The predicted octanol–water partition coefficient (Wildman–Crippen LogP) is 3.00. The molecule has 0 heterocycles. The van der Waals surface area contributed by atoms with Crippen molar-refractivity contribution in [1.82, 2.24) is 0 Å². The minimum Gasteiger partial charge on any atom is -0.384 e. The topological polar surface area (TPSA) is 46.2 Å². The number of allylic oxidation sites excluding steroid dienone is 1. The van der Waals surface area contributed by atoms with Gasteiger partial charge in [0.2, 0.25) is 0 Å². The van der Waals surface area contributed by atoms with Gasteiger partial charge in [-0.3, -0.25) is 0 Å². The van der Waals surface area contributed by atoms with E-state index in [-0.39, 0.29) is 5.41 Å². The molecular weight excluding hydrogens is 198 g/mol. The summed E-state index contributed by atoms with van der Waals surface area (Å²) >= 11 is 0. The second-order valence-corrected chi connectivity index (χ2v) is 6.00. The highest BCUT2D eigenvalue weighted by Crippen LogP contribution is 2.38. The maximum atomic E-state index is 10.8. The van der Waals surface area contributed by atoms with Gasteiger partial charge in [-0.25, -0.2) is 0 Å². The predicted molar refractivity (Wildman–Crippen MR) is 69.2 cm³/mol. The lowest BCUT2D eigenvalue weighted by Gasteiger charge is -2.42. The maximum Gasteiger partial charge on any atom is 0.103 e. The second-order valence-electron chi connectivity index (χ2n) is 6.00. The highest BCUT2D eigenvalue weighted by Gasteiger charge is 2.41. The lowest BCUT2D eigenvalue weighted by molar-refractivity contribution is -0.0195. The third-order valence-electron chi connectivity index (χ3n) is 3.86. The molecule has 2 nitrogen and oxygen atoms in total. The Bertz CT molecular complexity index is 252. The summed E-state index contributed by atoms with van der Waals surface area (Å²) in [4.78, 5) is 0. The molecule has 0 aliphatic heterocycles. The first-order valence-corrected chi connectivity index (χ1v) is 6.54. The van der Waals surface area contributed by atoms with E-state index in [9.17, 15) is 5.11 Å². The van der Waals surface area contributed by atoms with Crippen molar-refractivity contribution in [2.24, 2.45) is 11.1 Å². The zero-order valence-corrected chi connectivity index (χ0v) is 11.1. The summed E-state index contributed by atoms with van der Waals surface area (Å²) < 4.78 is 0. The van der Waals surface area contributed by atoms with Crippen LogP contribution < -0.4 is 5.73 Å². The fraction of sp³-hybridized carbons (Fsp3) is 0.857. The first-order valence-electron chi connectivity index (χ1n) is 6.54. The van der Waals surface area contributed by atoms with E-state index in [1.807, 2.05) is 0 Å². The van der Waals surface area contributed by atoms with E-state index < -0.39 is 5.60 Å². The van der Waals surface area contributed by atoms with Crippen LogP contribution in [0.15, 0.2) is 11.6 Å². The van der Waals surface area contributed by atoms with Crippen molar-refractivity contribution in [3.63, 3.8) is 0 Å². The van der Waals surface area contributed by atoms with Crippen molar-refractivity contribution in [3.05, 3.63) is 11.6 Å². The molecule has 1 unspecified atom stereocenters. The van der Waals surface area contributed by atoms with Crippen molar-refractivity contribution >= 4 is 0 Å². The average Bonchev–Trinajstić information content (AvgIpc) is 2.14. The summed E-state index contributed by atoms with van der Waals surface area (Å²) in [5, 5.41) is 10.8. The molecule has 16 heavy (non-hydrogen) atoms. The molecular formula is C14H27NO. The minimum absolute atomic E-state index is 0.188. The van der Waals surface area contributed by atoms with E-state index in [0.29, 0.717) is 6.54 Å². The molecule has 0 spiro atoms. The Kier molecular flexibility index (Phi) is 4.57. The molecule has 0 saturated heterocycles. The molecule has 1 aliphatic carbocycles. The van der Waals surface area contributed by atoms with Crippen LogP contribution in [-0.4, -0.2) is 17.3 Å². The first kappa shape index (κ1) is 13.7. The van der Waals surface area contributed by atoms with Crippen molar-refractivity contribution in [2.45, 2.75) is 64.9 Å². The minimum atomic E-state index is -0.829. The number of aliphatic hydroxyl groups is 1. The molecule has 1 rings (SSSR count). The molecule has 0 aromatic heterocycles. The Labute approximate surface area is 99.9 Å². The molecule has 1 aliphatic rings. The van der Waals surface area contributed by atoms with Gasteiger partial charge in [-0.05, 0) is 36.7 Å². The van der Waals surface area contributed by atoms with Gasteiger partial charge < -0.3 is 10.8 Å². The van der Waals surface area contributed by atoms with Crippen LogP contribution in [-0.2, 0) is 0 Å². The zero-order valence-electron chi connectivity index (χ0n) is 11.1. The van der Waals surface area contributed by atoms with Gasteiger partial charge in [-0.2, -0.15) is 0 Å². The van der Waals surface area contributed by atoms with Crippen LogP contribution in [0.3, 0.4) is 0 Å². The first-order chi connectivity index (χ1) is 7.42. The van der Waals surface area contributed by atoms with Crippen LogP contribution in [0.25, 0.3) is 0 Å². The van der Waals surface area contributed by atoms with Gasteiger partial charge in [0.25, 0.3) is 0 Å². The lowest BCUT2D eigenvalue weighted by Crippen LogP contribution is -2.50. The molecule has 0 bridgehead atoms. The lowest BCUT2D eigenvalue weighted by atomic mass is 9.70. The summed E-state index contributed by atoms with van der Waals surface area (Å²) in [7, 11) is 0. The Balaban J connectivity index is 2.93. The van der Waals surface area contributed by atoms with Crippen LogP contribution in [0.1, 0.15) is 59.3 Å². The van der Waals surface area contributed by atoms with Crippen molar-refractivity contribution in [2.75, 3.05) is 6.54 Å². The number of hydrogen-bond acceptors (Lipinski definition) is 2. The van der Waals surface area contributed by atoms with E-state index in [4.69, 9.17) is 5.73 Å². The Morgan fingerprint density at radius 3 is 2.38 bits per heavy atom. The third-order valence-corrected chi connectivity index (χ3v) is 3.86. The van der Waals surface area contributed by atoms with E-state index in [0.717, 1.165) is 12.8 Å². The fourth-order valence-electron chi connectivity index (χ4n) is 2.49. The van der Waals surface area contributed by atoms with E-state index in [2.05, 4.69) is 26.8 Å². The largest absolute Gasteiger partial charge is 0.384 e.